The molecule has 0 radical (unpaired) electrons. The summed E-state index contributed by atoms with van der Waals surface area (Å²) < 4.78 is 1.98. The lowest BCUT2D eigenvalue weighted by Gasteiger charge is -2.14. The summed E-state index contributed by atoms with van der Waals surface area (Å²) in [6.07, 6.45) is 3.46. The molecule has 2 heterocycles. The van der Waals surface area contributed by atoms with E-state index in [-0.39, 0.29) is 11.7 Å². The van der Waals surface area contributed by atoms with Crippen LogP contribution >= 0.6 is 11.8 Å². The molecule has 0 saturated carbocycles. The summed E-state index contributed by atoms with van der Waals surface area (Å²) in [5.41, 5.74) is 5.00. The van der Waals surface area contributed by atoms with E-state index in [1.165, 1.54) is 17.3 Å². The molecular weight excluding hydrogens is 418 g/mol. The van der Waals surface area contributed by atoms with Gasteiger partial charge in [0, 0.05) is 29.3 Å². The number of thioether (sulfide) groups is 1. The van der Waals surface area contributed by atoms with Crippen LogP contribution in [0.1, 0.15) is 30.9 Å². The van der Waals surface area contributed by atoms with Gasteiger partial charge in [0.05, 0.1) is 5.75 Å². The van der Waals surface area contributed by atoms with Crippen LogP contribution in [0.3, 0.4) is 0 Å². The second-order valence-electron chi connectivity index (χ2n) is 7.79. The van der Waals surface area contributed by atoms with Crippen LogP contribution < -0.4 is 5.32 Å². The Morgan fingerprint density at radius 3 is 2.44 bits per heavy atom. The van der Waals surface area contributed by atoms with E-state index in [1.54, 1.807) is 12.4 Å². The molecule has 32 heavy (non-hydrogen) atoms. The minimum absolute atomic E-state index is 0.0768. The fraction of sp³-hybridized carbons (Fsp3) is 0.200. The molecule has 0 bridgehead atoms. The highest BCUT2D eigenvalue weighted by molar-refractivity contribution is 7.99. The van der Waals surface area contributed by atoms with E-state index in [1.807, 2.05) is 53.1 Å². The van der Waals surface area contributed by atoms with Crippen LogP contribution in [0.5, 0.6) is 0 Å². The van der Waals surface area contributed by atoms with Crippen molar-refractivity contribution in [3.63, 3.8) is 0 Å². The molecule has 4 aromatic rings. The Morgan fingerprint density at radius 1 is 1.00 bits per heavy atom. The maximum Gasteiger partial charge on any atom is 0.234 e. The number of para-hydroxylation sites is 1. The normalized spacial score (nSPS) is 11.0. The molecule has 2 aromatic carbocycles. The summed E-state index contributed by atoms with van der Waals surface area (Å²) in [5.74, 6) is 1.19. The Balaban J connectivity index is 1.58. The van der Waals surface area contributed by atoms with E-state index >= 15 is 0 Å². The van der Waals surface area contributed by atoms with E-state index in [0.717, 1.165) is 22.5 Å². The molecule has 1 amide bonds. The second kappa shape index (κ2) is 9.78. The van der Waals surface area contributed by atoms with Crippen molar-refractivity contribution in [1.29, 1.82) is 0 Å². The molecule has 0 aliphatic carbocycles. The first-order valence-corrected chi connectivity index (χ1v) is 11.5. The standard InChI is InChI=1S/C25H25N5OS/c1-17(2)21-6-4-5-7-22(21)27-23(31)16-32-25-29-28-24(19-12-14-26-15-13-19)30(25)20-10-8-18(3)9-11-20/h4-15,17H,16H2,1-3H3,(H,27,31). The number of aryl methyl sites for hydroxylation is 1. The minimum atomic E-state index is -0.0768. The largest absolute Gasteiger partial charge is 0.325 e. The molecule has 162 valence electrons. The van der Waals surface area contributed by atoms with Gasteiger partial charge in [0.25, 0.3) is 0 Å². The highest BCUT2D eigenvalue weighted by Crippen LogP contribution is 2.29. The molecule has 7 heteroatoms. The number of nitrogens with zero attached hydrogens (tertiary/aromatic N) is 4. The molecule has 0 atom stereocenters. The van der Waals surface area contributed by atoms with Gasteiger partial charge in [-0.3, -0.25) is 14.3 Å². The number of hydrogen-bond donors (Lipinski definition) is 1. The smallest absolute Gasteiger partial charge is 0.234 e. The van der Waals surface area contributed by atoms with Crippen molar-refractivity contribution in [2.45, 2.75) is 31.8 Å². The number of benzene rings is 2. The third-order valence-corrected chi connectivity index (χ3v) is 5.98. The van der Waals surface area contributed by atoms with Gasteiger partial charge in [-0.2, -0.15) is 0 Å². The number of rotatable bonds is 7. The van der Waals surface area contributed by atoms with Gasteiger partial charge in [0.15, 0.2) is 11.0 Å². The van der Waals surface area contributed by atoms with Gasteiger partial charge in [-0.25, -0.2) is 0 Å². The zero-order chi connectivity index (χ0) is 22.5. The van der Waals surface area contributed by atoms with Crippen LogP contribution in [-0.2, 0) is 4.79 Å². The van der Waals surface area contributed by atoms with Gasteiger partial charge in [-0.1, -0.05) is 61.5 Å². The SMILES string of the molecule is Cc1ccc(-n2c(SCC(=O)Nc3ccccc3C(C)C)nnc2-c2ccncc2)cc1. The monoisotopic (exact) mass is 443 g/mol. The minimum Gasteiger partial charge on any atom is -0.325 e. The Morgan fingerprint density at radius 2 is 1.72 bits per heavy atom. The molecular formula is C25H25N5OS. The number of carbonyl (C=O) groups excluding carboxylic acids is 1. The third-order valence-electron chi connectivity index (χ3n) is 5.05. The predicted octanol–water partition coefficient (Wildman–Crippen LogP) is 5.49. The lowest BCUT2D eigenvalue weighted by molar-refractivity contribution is -0.113. The molecule has 0 aliphatic heterocycles. The van der Waals surface area contributed by atoms with Crippen molar-refractivity contribution in [1.82, 2.24) is 19.7 Å². The van der Waals surface area contributed by atoms with Crippen LogP contribution in [0.25, 0.3) is 17.1 Å². The van der Waals surface area contributed by atoms with Gasteiger partial charge in [0.1, 0.15) is 0 Å². The molecule has 4 rings (SSSR count). The van der Waals surface area contributed by atoms with Crippen molar-refractivity contribution >= 4 is 23.4 Å². The fourth-order valence-electron chi connectivity index (χ4n) is 3.41. The van der Waals surface area contributed by atoms with E-state index in [9.17, 15) is 4.79 Å². The first-order valence-electron chi connectivity index (χ1n) is 10.5. The predicted molar refractivity (Wildman–Crippen MR) is 129 cm³/mol. The summed E-state index contributed by atoms with van der Waals surface area (Å²) in [6, 6.07) is 19.9. The van der Waals surface area contributed by atoms with E-state index in [4.69, 9.17) is 0 Å². The molecule has 0 saturated heterocycles. The number of hydrogen-bond acceptors (Lipinski definition) is 5. The number of amides is 1. The average Bonchev–Trinajstić information content (AvgIpc) is 3.23. The number of pyridine rings is 1. The zero-order valence-electron chi connectivity index (χ0n) is 18.3. The van der Waals surface area contributed by atoms with E-state index in [2.05, 4.69) is 53.4 Å². The van der Waals surface area contributed by atoms with Gasteiger partial charge >= 0.3 is 0 Å². The number of aromatic nitrogens is 4. The van der Waals surface area contributed by atoms with Gasteiger partial charge in [-0.05, 0) is 48.7 Å². The zero-order valence-corrected chi connectivity index (χ0v) is 19.1. The van der Waals surface area contributed by atoms with Crippen molar-refractivity contribution in [3.8, 4) is 17.1 Å². The summed E-state index contributed by atoms with van der Waals surface area (Å²) in [4.78, 5) is 16.8. The van der Waals surface area contributed by atoms with Crippen LogP contribution in [0.2, 0.25) is 0 Å². The van der Waals surface area contributed by atoms with Gasteiger partial charge < -0.3 is 5.32 Å². The Bertz CT molecular complexity index is 1200. The van der Waals surface area contributed by atoms with Crippen LogP contribution in [-0.4, -0.2) is 31.4 Å². The molecule has 6 nitrogen and oxygen atoms in total. The summed E-state index contributed by atoms with van der Waals surface area (Å²) in [5, 5.41) is 12.5. The van der Waals surface area contributed by atoms with Gasteiger partial charge in [0.2, 0.25) is 5.91 Å². The van der Waals surface area contributed by atoms with Crippen molar-refractivity contribution in [2.24, 2.45) is 0 Å². The quantitative estimate of drug-likeness (QED) is 0.382. The average molecular weight is 444 g/mol. The Kier molecular flexibility index (Phi) is 6.66. The summed E-state index contributed by atoms with van der Waals surface area (Å²) in [6.45, 7) is 6.28. The van der Waals surface area contributed by atoms with Gasteiger partial charge in [-0.15, -0.1) is 10.2 Å². The molecule has 2 aromatic heterocycles. The Labute approximate surface area is 192 Å². The highest BCUT2D eigenvalue weighted by Gasteiger charge is 2.18. The second-order valence-corrected chi connectivity index (χ2v) is 8.73. The molecule has 1 N–H and O–H groups in total. The number of anilines is 1. The topological polar surface area (TPSA) is 72.7 Å². The molecule has 0 unspecified atom stereocenters. The number of nitrogens with one attached hydrogen (secondary N) is 1. The van der Waals surface area contributed by atoms with Crippen LogP contribution in [0.15, 0.2) is 78.2 Å². The molecule has 0 spiro atoms. The lowest BCUT2D eigenvalue weighted by atomic mass is 10.0. The first kappa shape index (κ1) is 21.8. The molecule has 0 aliphatic rings. The van der Waals surface area contributed by atoms with Crippen molar-refractivity contribution in [2.75, 3.05) is 11.1 Å². The van der Waals surface area contributed by atoms with E-state index < -0.39 is 0 Å². The first-order chi connectivity index (χ1) is 15.5. The third kappa shape index (κ3) is 4.89. The van der Waals surface area contributed by atoms with Crippen molar-refractivity contribution < 1.29 is 4.79 Å². The maximum absolute atomic E-state index is 12.7. The lowest BCUT2D eigenvalue weighted by Crippen LogP contribution is -2.16. The molecule has 0 fully saturated rings. The maximum atomic E-state index is 12.7. The Hall–Kier alpha value is -3.45. The highest BCUT2D eigenvalue weighted by atomic mass is 32.2. The number of carbonyl (C=O) groups is 1. The van der Waals surface area contributed by atoms with Crippen LogP contribution in [0.4, 0.5) is 5.69 Å². The van der Waals surface area contributed by atoms with Crippen molar-refractivity contribution in [3.05, 3.63) is 84.2 Å². The fourth-order valence-corrected chi connectivity index (χ4v) is 4.16. The summed E-state index contributed by atoms with van der Waals surface area (Å²) >= 11 is 1.36. The summed E-state index contributed by atoms with van der Waals surface area (Å²) in [7, 11) is 0. The van der Waals surface area contributed by atoms with Crippen LogP contribution in [0, 0.1) is 6.92 Å². The van der Waals surface area contributed by atoms with E-state index in [0.29, 0.717) is 16.9 Å².